The summed E-state index contributed by atoms with van der Waals surface area (Å²) >= 11 is 11.2. The Morgan fingerprint density at radius 3 is 2.36 bits per heavy atom. The van der Waals surface area contributed by atoms with Crippen molar-refractivity contribution in [3.05, 3.63) is 37.9 Å². The molecule has 1 aromatic carbocycles. The van der Waals surface area contributed by atoms with Gasteiger partial charge in [-0.05, 0) is 13.0 Å². The minimum absolute atomic E-state index is 0.0357. The molecule has 0 aliphatic rings. The zero-order chi connectivity index (χ0) is 10.9. The number of halogens is 2. The first-order chi connectivity index (χ1) is 6.43. The van der Waals surface area contributed by atoms with E-state index in [1.807, 2.05) is 0 Å². The molecule has 1 rings (SSSR count). The fourth-order valence-corrected chi connectivity index (χ4v) is 1.47. The quantitative estimate of drug-likeness (QED) is 0.448. The molecule has 0 fully saturated rings. The van der Waals surface area contributed by atoms with E-state index in [4.69, 9.17) is 23.2 Å². The fourth-order valence-electron chi connectivity index (χ4n) is 0.946. The Morgan fingerprint density at radius 1 is 1.36 bits per heavy atom. The van der Waals surface area contributed by atoms with Gasteiger partial charge in [0, 0.05) is 11.6 Å². The van der Waals surface area contributed by atoms with Crippen molar-refractivity contribution in [1.82, 2.24) is 0 Å². The molecule has 0 radical (unpaired) electrons. The molecule has 74 valence electrons. The van der Waals surface area contributed by atoms with E-state index in [1.54, 1.807) is 0 Å². The number of carbonyl (C=O) groups excluding carboxylic acids is 1. The number of nitrogens with zero attached hydrogens (tertiary/aromatic N) is 1. The summed E-state index contributed by atoms with van der Waals surface area (Å²) in [4.78, 5) is 20.8. The van der Waals surface area contributed by atoms with Crippen LogP contribution < -0.4 is 0 Å². The van der Waals surface area contributed by atoms with E-state index in [9.17, 15) is 14.9 Å². The highest BCUT2D eigenvalue weighted by atomic mass is 35.5. The van der Waals surface area contributed by atoms with E-state index in [-0.39, 0.29) is 27.1 Å². The third kappa shape index (κ3) is 2.02. The van der Waals surface area contributed by atoms with Crippen LogP contribution in [0.25, 0.3) is 0 Å². The topological polar surface area (TPSA) is 60.2 Å². The molecule has 0 spiro atoms. The lowest BCUT2D eigenvalue weighted by atomic mass is 10.1. The second-order valence-corrected chi connectivity index (χ2v) is 3.41. The Labute approximate surface area is 89.6 Å². The summed E-state index contributed by atoms with van der Waals surface area (Å²) < 4.78 is 0. The molecule has 0 bridgehead atoms. The minimum atomic E-state index is -0.655. The van der Waals surface area contributed by atoms with Gasteiger partial charge in [0.05, 0.1) is 9.95 Å². The maximum Gasteiger partial charge on any atom is 0.289 e. The van der Waals surface area contributed by atoms with Gasteiger partial charge in [0.2, 0.25) is 0 Å². The van der Waals surface area contributed by atoms with Crippen molar-refractivity contribution in [1.29, 1.82) is 0 Å². The van der Waals surface area contributed by atoms with Crippen molar-refractivity contribution in [2.24, 2.45) is 0 Å². The van der Waals surface area contributed by atoms with Gasteiger partial charge in [-0.1, -0.05) is 23.2 Å². The van der Waals surface area contributed by atoms with Gasteiger partial charge in [0.25, 0.3) is 5.69 Å². The normalized spacial score (nSPS) is 9.93. The summed E-state index contributed by atoms with van der Waals surface area (Å²) in [5, 5.41) is 10.4. The molecular weight excluding hydrogens is 229 g/mol. The Kier molecular flexibility index (Phi) is 3.08. The van der Waals surface area contributed by atoms with Crippen LogP contribution in [0.15, 0.2) is 12.1 Å². The smallest absolute Gasteiger partial charge is 0.289 e. The van der Waals surface area contributed by atoms with Gasteiger partial charge >= 0.3 is 0 Å². The third-order valence-electron chi connectivity index (χ3n) is 1.61. The average molecular weight is 234 g/mol. The van der Waals surface area contributed by atoms with Gasteiger partial charge in [-0.15, -0.1) is 0 Å². The molecule has 0 aliphatic carbocycles. The van der Waals surface area contributed by atoms with Crippen molar-refractivity contribution in [2.45, 2.75) is 6.92 Å². The number of nitro benzene ring substituents is 1. The van der Waals surface area contributed by atoms with E-state index in [1.165, 1.54) is 13.0 Å². The first kappa shape index (κ1) is 10.9. The molecule has 0 unspecified atom stereocenters. The van der Waals surface area contributed by atoms with Crippen LogP contribution in [0.1, 0.15) is 17.3 Å². The standard InChI is InChI=1S/C8H5Cl2NO3/c1-4(12)5-2-7(10)8(11(13)14)3-6(5)9/h2-3H,1H3. The Morgan fingerprint density at radius 2 is 1.93 bits per heavy atom. The second-order valence-electron chi connectivity index (χ2n) is 2.60. The first-order valence-electron chi connectivity index (χ1n) is 3.58. The Bertz CT molecular complexity index is 378. The van der Waals surface area contributed by atoms with E-state index in [0.29, 0.717) is 0 Å². The monoisotopic (exact) mass is 233 g/mol. The van der Waals surface area contributed by atoms with Gasteiger partial charge in [0.15, 0.2) is 5.78 Å². The number of hydrogen-bond donors (Lipinski definition) is 0. The summed E-state index contributed by atoms with van der Waals surface area (Å²) in [6, 6.07) is 2.27. The molecule has 0 saturated heterocycles. The summed E-state index contributed by atoms with van der Waals surface area (Å²) in [6.07, 6.45) is 0. The maximum absolute atomic E-state index is 11.0. The van der Waals surface area contributed by atoms with Crippen LogP contribution in [0.2, 0.25) is 10.0 Å². The predicted octanol–water partition coefficient (Wildman–Crippen LogP) is 3.10. The molecule has 0 heterocycles. The SMILES string of the molecule is CC(=O)c1cc(Cl)c([N+](=O)[O-])cc1Cl. The number of Topliss-reactive ketones (excluding diaryl/α,β-unsaturated/α-hetero) is 1. The Balaban J connectivity index is 3.38. The minimum Gasteiger partial charge on any atom is -0.294 e. The molecule has 0 saturated carbocycles. The number of hydrogen-bond acceptors (Lipinski definition) is 3. The van der Waals surface area contributed by atoms with E-state index >= 15 is 0 Å². The lowest BCUT2D eigenvalue weighted by Crippen LogP contribution is -1.96. The highest BCUT2D eigenvalue weighted by Gasteiger charge is 2.17. The van der Waals surface area contributed by atoms with Gasteiger partial charge in [-0.2, -0.15) is 0 Å². The summed E-state index contributed by atoms with van der Waals surface area (Å²) in [7, 11) is 0. The molecular formula is C8H5Cl2NO3. The summed E-state index contributed by atoms with van der Waals surface area (Å²) in [5.74, 6) is -0.285. The largest absolute Gasteiger partial charge is 0.294 e. The molecule has 0 amide bonds. The molecule has 4 nitrogen and oxygen atoms in total. The van der Waals surface area contributed by atoms with Gasteiger partial charge in [0.1, 0.15) is 5.02 Å². The average Bonchev–Trinajstić information content (AvgIpc) is 2.07. The highest BCUT2D eigenvalue weighted by molar-refractivity contribution is 6.37. The second kappa shape index (κ2) is 3.94. The molecule has 1 aromatic rings. The molecule has 0 aromatic heterocycles. The zero-order valence-corrected chi connectivity index (χ0v) is 8.59. The fraction of sp³-hybridized carbons (Fsp3) is 0.125. The third-order valence-corrected chi connectivity index (χ3v) is 2.23. The van der Waals surface area contributed by atoms with Crippen LogP contribution >= 0.6 is 23.2 Å². The van der Waals surface area contributed by atoms with Crippen molar-refractivity contribution in [3.8, 4) is 0 Å². The first-order valence-corrected chi connectivity index (χ1v) is 4.33. The molecule has 14 heavy (non-hydrogen) atoms. The molecule has 6 heteroatoms. The number of carbonyl (C=O) groups is 1. The lowest BCUT2D eigenvalue weighted by molar-refractivity contribution is -0.384. The van der Waals surface area contributed by atoms with Gasteiger partial charge in [-0.3, -0.25) is 14.9 Å². The number of nitro groups is 1. The zero-order valence-electron chi connectivity index (χ0n) is 7.08. The van der Waals surface area contributed by atoms with Crippen LogP contribution in [0.5, 0.6) is 0 Å². The highest BCUT2D eigenvalue weighted by Crippen LogP contribution is 2.30. The lowest BCUT2D eigenvalue weighted by Gasteiger charge is -2.01. The van der Waals surface area contributed by atoms with Crippen molar-refractivity contribution < 1.29 is 9.72 Å². The van der Waals surface area contributed by atoms with Crippen molar-refractivity contribution in [2.75, 3.05) is 0 Å². The maximum atomic E-state index is 11.0. The van der Waals surface area contributed by atoms with Crippen LogP contribution in [-0.4, -0.2) is 10.7 Å². The van der Waals surface area contributed by atoms with E-state index in [2.05, 4.69) is 0 Å². The van der Waals surface area contributed by atoms with Gasteiger partial charge < -0.3 is 0 Å². The summed E-state index contributed by atoms with van der Waals surface area (Å²) in [5.41, 5.74) is -0.121. The van der Waals surface area contributed by atoms with Crippen LogP contribution in [0.3, 0.4) is 0 Å². The van der Waals surface area contributed by atoms with E-state index in [0.717, 1.165) is 6.07 Å². The van der Waals surface area contributed by atoms with Crippen LogP contribution in [0.4, 0.5) is 5.69 Å². The summed E-state index contributed by atoms with van der Waals surface area (Å²) in [6.45, 7) is 1.31. The number of ketones is 1. The predicted molar refractivity (Wildman–Crippen MR) is 53.1 cm³/mol. The van der Waals surface area contributed by atoms with Gasteiger partial charge in [-0.25, -0.2) is 0 Å². The van der Waals surface area contributed by atoms with Crippen molar-refractivity contribution >= 4 is 34.7 Å². The molecule has 0 N–H and O–H groups in total. The number of benzene rings is 1. The molecule has 0 atom stereocenters. The van der Waals surface area contributed by atoms with Crippen molar-refractivity contribution in [3.63, 3.8) is 0 Å². The number of rotatable bonds is 2. The molecule has 0 aliphatic heterocycles. The van der Waals surface area contributed by atoms with E-state index < -0.39 is 4.92 Å². The van der Waals surface area contributed by atoms with Crippen LogP contribution in [0, 0.1) is 10.1 Å². The Hall–Kier alpha value is -1.13. The van der Waals surface area contributed by atoms with Crippen LogP contribution in [-0.2, 0) is 0 Å².